The Labute approximate surface area is 99.0 Å². The minimum atomic E-state index is -0.923. The van der Waals surface area contributed by atoms with Gasteiger partial charge in [-0.3, -0.25) is 14.5 Å². The quantitative estimate of drug-likeness (QED) is 0.706. The maximum absolute atomic E-state index is 12.0. The van der Waals surface area contributed by atoms with Crippen molar-refractivity contribution in [3.05, 3.63) is 0 Å². The topological polar surface area (TPSA) is 86.7 Å². The van der Waals surface area contributed by atoms with Crippen LogP contribution in [0.25, 0.3) is 0 Å². The minimum absolute atomic E-state index is 0.282. The van der Waals surface area contributed by atoms with E-state index < -0.39 is 30.0 Å². The lowest BCUT2D eigenvalue weighted by Crippen LogP contribution is -2.45. The first-order valence-corrected chi connectivity index (χ1v) is 5.92. The van der Waals surface area contributed by atoms with Crippen LogP contribution in [0, 0.1) is 5.92 Å². The Balaban J connectivity index is 2.19. The van der Waals surface area contributed by atoms with Gasteiger partial charge < -0.3 is 10.4 Å². The summed E-state index contributed by atoms with van der Waals surface area (Å²) in [4.78, 5) is 35.9. The van der Waals surface area contributed by atoms with Crippen LogP contribution in [-0.2, 0) is 9.59 Å². The normalized spacial score (nSPS) is 33.0. The van der Waals surface area contributed by atoms with Crippen LogP contribution >= 0.6 is 0 Å². The van der Waals surface area contributed by atoms with Gasteiger partial charge in [-0.1, -0.05) is 13.3 Å². The van der Waals surface area contributed by atoms with Gasteiger partial charge in [-0.2, -0.15) is 0 Å². The molecular formula is C11H16N2O4. The van der Waals surface area contributed by atoms with Crippen molar-refractivity contribution in [3.63, 3.8) is 0 Å². The number of imide groups is 1. The third-order valence-corrected chi connectivity index (χ3v) is 3.59. The van der Waals surface area contributed by atoms with E-state index in [1.807, 2.05) is 6.92 Å². The number of aliphatic carboxylic acids is 1. The van der Waals surface area contributed by atoms with Crippen molar-refractivity contribution in [1.82, 2.24) is 10.2 Å². The molecule has 1 saturated carbocycles. The molecular weight excluding hydrogens is 224 g/mol. The number of nitrogens with one attached hydrogen (secondary N) is 1. The highest BCUT2D eigenvalue weighted by Gasteiger charge is 2.47. The van der Waals surface area contributed by atoms with Crippen molar-refractivity contribution in [3.8, 4) is 0 Å². The lowest BCUT2D eigenvalue weighted by atomic mass is 10.0. The molecule has 3 amide bonds. The van der Waals surface area contributed by atoms with Crippen LogP contribution < -0.4 is 5.32 Å². The first-order valence-electron chi connectivity index (χ1n) is 5.92. The molecule has 1 aliphatic heterocycles. The molecule has 2 aliphatic rings. The average Bonchev–Trinajstić information content (AvgIpc) is 2.83. The van der Waals surface area contributed by atoms with E-state index in [2.05, 4.69) is 5.32 Å². The summed E-state index contributed by atoms with van der Waals surface area (Å²) in [5.41, 5.74) is 0. The Morgan fingerprint density at radius 3 is 2.71 bits per heavy atom. The SMILES string of the molecule is CCC1NC(=O)N(C2CCCC2C(=O)O)C1=O. The molecule has 1 heterocycles. The predicted octanol–water partition coefficient (Wildman–Crippen LogP) is 0.570. The molecule has 1 aliphatic carbocycles. The fraction of sp³-hybridized carbons (Fsp3) is 0.727. The van der Waals surface area contributed by atoms with E-state index in [0.29, 0.717) is 19.3 Å². The Morgan fingerprint density at radius 1 is 1.47 bits per heavy atom. The zero-order valence-electron chi connectivity index (χ0n) is 9.68. The van der Waals surface area contributed by atoms with E-state index >= 15 is 0 Å². The molecule has 94 valence electrons. The Bertz CT molecular complexity index is 368. The molecule has 6 nitrogen and oxygen atoms in total. The van der Waals surface area contributed by atoms with Crippen molar-refractivity contribution in [2.45, 2.75) is 44.7 Å². The average molecular weight is 240 g/mol. The molecule has 0 aromatic carbocycles. The summed E-state index contributed by atoms with van der Waals surface area (Å²) in [6, 6.07) is -1.41. The Morgan fingerprint density at radius 2 is 2.18 bits per heavy atom. The van der Waals surface area contributed by atoms with Crippen molar-refractivity contribution in [1.29, 1.82) is 0 Å². The summed E-state index contributed by atoms with van der Waals surface area (Å²) in [6.45, 7) is 1.82. The summed E-state index contributed by atoms with van der Waals surface area (Å²) >= 11 is 0. The van der Waals surface area contributed by atoms with Crippen LogP contribution in [0.2, 0.25) is 0 Å². The molecule has 0 aromatic heterocycles. The third-order valence-electron chi connectivity index (χ3n) is 3.59. The van der Waals surface area contributed by atoms with Crippen LogP contribution in [-0.4, -0.2) is 40.0 Å². The van der Waals surface area contributed by atoms with E-state index in [1.165, 1.54) is 0 Å². The molecule has 0 aromatic rings. The Kier molecular flexibility index (Phi) is 3.04. The van der Waals surface area contributed by atoms with Gasteiger partial charge in [0.05, 0.1) is 12.0 Å². The molecule has 17 heavy (non-hydrogen) atoms. The van der Waals surface area contributed by atoms with Crippen LogP contribution in [0.4, 0.5) is 4.79 Å². The highest BCUT2D eigenvalue weighted by atomic mass is 16.4. The van der Waals surface area contributed by atoms with Crippen molar-refractivity contribution in [2.24, 2.45) is 5.92 Å². The molecule has 2 rings (SSSR count). The van der Waals surface area contributed by atoms with Crippen LogP contribution in [0.1, 0.15) is 32.6 Å². The first kappa shape index (κ1) is 11.9. The van der Waals surface area contributed by atoms with Crippen LogP contribution in [0.3, 0.4) is 0 Å². The fourth-order valence-electron chi connectivity index (χ4n) is 2.68. The zero-order chi connectivity index (χ0) is 12.6. The maximum Gasteiger partial charge on any atom is 0.325 e. The Hall–Kier alpha value is -1.59. The van der Waals surface area contributed by atoms with E-state index in [1.54, 1.807) is 0 Å². The number of hydrogen-bond donors (Lipinski definition) is 2. The van der Waals surface area contributed by atoms with Crippen molar-refractivity contribution >= 4 is 17.9 Å². The number of carbonyl (C=O) groups is 3. The van der Waals surface area contributed by atoms with Gasteiger partial charge in [-0.15, -0.1) is 0 Å². The fourth-order valence-corrected chi connectivity index (χ4v) is 2.68. The van der Waals surface area contributed by atoms with Gasteiger partial charge in [-0.25, -0.2) is 4.79 Å². The van der Waals surface area contributed by atoms with Gasteiger partial charge in [0.2, 0.25) is 0 Å². The molecule has 3 atom stereocenters. The van der Waals surface area contributed by atoms with Gasteiger partial charge >= 0.3 is 12.0 Å². The standard InChI is InChI=1S/C11H16N2O4/c1-2-7-9(14)13(11(17)12-7)8-5-3-4-6(8)10(15)16/h6-8H,2-5H2,1H3,(H,12,17)(H,15,16). The molecule has 1 saturated heterocycles. The second-order valence-electron chi connectivity index (χ2n) is 4.56. The van der Waals surface area contributed by atoms with E-state index in [0.717, 1.165) is 11.3 Å². The minimum Gasteiger partial charge on any atom is -0.481 e. The van der Waals surface area contributed by atoms with Gasteiger partial charge in [0.15, 0.2) is 0 Å². The predicted molar refractivity (Wildman–Crippen MR) is 58.2 cm³/mol. The van der Waals surface area contributed by atoms with Crippen LogP contribution in [0.15, 0.2) is 0 Å². The smallest absolute Gasteiger partial charge is 0.325 e. The van der Waals surface area contributed by atoms with Crippen LogP contribution in [0.5, 0.6) is 0 Å². The summed E-state index contributed by atoms with van der Waals surface area (Å²) in [7, 11) is 0. The van der Waals surface area contributed by atoms with Crippen molar-refractivity contribution < 1.29 is 19.5 Å². The van der Waals surface area contributed by atoms with Gasteiger partial charge in [0.1, 0.15) is 6.04 Å². The molecule has 3 unspecified atom stereocenters. The number of carboxylic acids is 1. The lowest BCUT2D eigenvalue weighted by molar-refractivity contribution is -0.144. The highest BCUT2D eigenvalue weighted by molar-refractivity contribution is 6.04. The molecule has 2 N–H and O–H groups in total. The molecule has 6 heteroatoms. The number of carbonyl (C=O) groups excluding carboxylic acids is 2. The number of carboxylic acid groups (broad SMARTS) is 1. The first-order chi connectivity index (χ1) is 8.06. The number of hydrogen-bond acceptors (Lipinski definition) is 3. The van der Waals surface area contributed by atoms with E-state index in [9.17, 15) is 14.4 Å². The zero-order valence-corrected chi connectivity index (χ0v) is 9.68. The molecule has 0 bridgehead atoms. The maximum atomic E-state index is 12.0. The monoisotopic (exact) mass is 240 g/mol. The molecule has 0 radical (unpaired) electrons. The molecule has 0 spiro atoms. The van der Waals surface area contributed by atoms with E-state index in [4.69, 9.17) is 5.11 Å². The van der Waals surface area contributed by atoms with Gasteiger partial charge in [0.25, 0.3) is 5.91 Å². The second-order valence-corrected chi connectivity index (χ2v) is 4.56. The highest BCUT2D eigenvalue weighted by Crippen LogP contribution is 2.32. The number of rotatable bonds is 3. The summed E-state index contributed by atoms with van der Waals surface area (Å²) in [6.07, 6.45) is 2.40. The van der Waals surface area contributed by atoms with Gasteiger partial charge in [0, 0.05) is 0 Å². The summed E-state index contributed by atoms with van der Waals surface area (Å²) in [5.74, 6) is -1.82. The lowest BCUT2D eigenvalue weighted by Gasteiger charge is -2.24. The van der Waals surface area contributed by atoms with Crippen molar-refractivity contribution in [2.75, 3.05) is 0 Å². The number of urea groups is 1. The van der Waals surface area contributed by atoms with Gasteiger partial charge in [-0.05, 0) is 19.3 Å². The third kappa shape index (κ3) is 1.87. The largest absolute Gasteiger partial charge is 0.481 e. The summed E-state index contributed by atoms with van der Waals surface area (Å²) < 4.78 is 0. The van der Waals surface area contributed by atoms with E-state index in [-0.39, 0.29) is 5.91 Å². The number of amides is 3. The number of nitrogens with zero attached hydrogens (tertiary/aromatic N) is 1. The second kappa shape index (κ2) is 4.35. The molecule has 2 fully saturated rings. The summed E-state index contributed by atoms with van der Waals surface area (Å²) in [5, 5.41) is 11.7.